The number of fused-ring (bicyclic) bond motifs is 1. The van der Waals surface area contributed by atoms with Crippen LogP contribution in [0.4, 0.5) is 0 Å². The molecule has 0 saturated heterocycles. The number of aryl methyl sites for hydroxylation is 1. The molecule has 0 aliphatic heterocycles. The molecule has 0 spiro atoms. The molecular weight excluding hydrogens is 266 g/mol. The number of rotatable bonds is 3. The zero-order valence-corrected chi connectivity index (χ0v) is 13.9. The summed E-state index contributed by atoms with van der Waals surface area (Å²) in [6.45, 7) is 10.4. The number of esters is 1. The number of hydrogen-bond acceptors (Lipinski definition) is 3. The Morgan fingerprint density at radius 2 is 2.10 bits per heavy atom. The van der Waals surface area contributed by atoms with E-state index in [2.05, 4.69) is 18.4 Å². The van der Waals surface area contributed by atoms with Crippen LogP contribution in [0.15, 0.2) is 6.07 Å². The molecule has 1 aliphatic rings. The number of carbonyl (C=O) groups is 1. The minimum absolute atomic E-state index is 0.0343. The van der Waals surface area contributed by atoms with Gasteiger partial charge in [0.25, 0.3) is 0 Å². The van der Waals surface area contributed by atoms with Crippen LogP contribution in [0.3, 0.4) is 0 Å². The van der Waals surface area contributed by atoms with E-state index in [-0.39, 0.29) is 23.3 Å². The van der Waals surface area contributed by atoms with Gasteiger partial charge in [0.2, 0.25) is 0 Å². The second kappa shape index (κ2) is 5.48. The Hall–Kier alpha value is -1.29. The molecule has 0 aromatic carbocycles. The quantitative estimate of drug-likeness (QED) is 0.871. The standard InChI is InChI=1S/C17H27NO3/c1-10(2)15(16(20)21-6)18-11(3)7-12-13(18)8-17(4,5)9-14(12)19/h7,10,14-15,19H,8-9H2,1-6H3. The predicted molar refractivity (Wildman–Crippen MR) is 82.1 cm³/mol. The van der Waals surface area contributed by atoms with Gasteiger partial charge in [-0.15, -0.1) is 0 Å². The molecule has 4 heteroatoms. The number of carbonyl (C=O) groups excluding carboxylic acids is 1. The van der Waals surface area contributed by atoms with Crippen LogP contribution in [-0.2, 0) is 16.0 Å². The van der Waals surface area contributed by atoms with E-state index in [4.69, 9.17) is 4.74 Å². The first-order valence-corrected chi connectivity index (χ1v) is 7.64. The molecule has 21 heavy (non-hydrogen) atoms. The molecule has 0 bridgehead atoms. The zero-order valence-electron chi connectivity index (χ0n) is 13.9. The normalized spacial score (nSPS) is 22.0. The average Bonchev–Trinajstić information content (AvgIpc) is 2.66. The second-order valence-electron chi connectivity index (χ2n) is 7.33. The summed E-state index contributed by atoms with van der Waals surface area (Å²) < 4.78 is 7.08. The van der Waals surface area contributed by atoms with Crippen molar-refractivity contribution in [1.82, 2.24) is 4.57 Å². The SMILES string of the molecule is COC(=O)C(C(C)C)n1c(C)cc2c1CC(C)(C)CC2O. The molecule has 1 aromatic rings. The third-order valence-corrected chi connectivity index (χ3v) is 4.47. The molecule has 0 saturated carbocycles. The third kappa shape index (κ3) is 2.86. The van der Waals surface area contributed by atoms with Gasteiger partial charge in [0.1, 0.15) is 6.04 Å². The van der Waals surface area contributed by atoms with Crippen LogP contribution in [0.5, 0.6) is 0 Å². The first-order valence-electron chi connectivity index (χ1n) is 7.64. The number of methoxy groups -OCH3 is 1. The van der Waals surface area contributed by atoms with Crippen molar-refractivity contribution in [2.24, 2.45) is 11.3 Å². The van der Waals surface area contributed by atoms with Crippen LogP contribution in [0.1, 0.15) is 63.2 Å². The van der Waals surface area contributed by atoms with Crippen molar-refractivity contribution in [2.45, 2.75) is 59.6 Å². The minimum atomic E-state index is -0.450. The molecule has 0 amide bonds. The Bertz CT molecular complexity index is 542. The van der Waals surface area contributed by atoms with Crippen LogP contribution < -0.4 is 0 Å². The Kier molecular flexibility index (Phi) is 4.20. The van der Waals surface area contributed by atoms with E-state index in [1.165, 1.54) is 7.11 Å². The Morgan fingerprint density at radius 1 is 1.48 bits per heavy atom. The van der Waals surface area contributed by atoms with Gasteiger partial charge in [0.15, 0.2) is 0 Å². The summed E-state index contributed by atoms with van der Waals surface area (Å²) >= 11 is 0. The van der Waals surface area contributed by atoms with Crippen LogP contribution in [-0.4, -0.2) is 22.8 Å². The van der Waals surface area contributed by atoms with E-state index in [1.807, 2.05) is 26.8 Å². The van der Waals surface area contributed by atoms with Crippen molar-refractivity contribution >= 4 is 5.97 Å². The summed E-state index contributed by atoms with van der Waals surface area (Å²) in [5.74, 6) is -0.0841. The molecule has 0 radical (unpaired) electrons. The number of aromatic nitrogens is 1. The van der Waals surface area contributed by atoms with Crippen molar-refractivity contribution in [3.63, 3.8) is 0 Å². The molecule has 0 fully saturated rings. The molecule has 2 rings (SSSR count). The van der Waals surface area contributed by atoms with Crippen molar-refractivity contribution in [2.75, 3.05) is 7.11 Å². The molecule has 1 aromatic heterocycles. The van der Waals surface area contributed by atoms with E-state index in [0.717, 1.165) is 29.8 Å². The Labute approximate surface area is 127 Å². The number of ether oxygens (including phenoxy) is 1. The fourth-order valence-corrected chi connectivity index (χ4v) is 3.55. The monoisotopic (exact) mass is 293 g/mol. The lowest BCUT2D eigenvalue weighted by molar-refractivity contribution is -0.146. The predicted octanol–water partition coefficient (Wildman–Crippen LogP) is 3.17. The van der Waals surface area contributed by atoms with Crippen molar-refractivity contribution in [1.29, 1.82) is 0 Å². The first-order chi connectivity index (χ1) is 9.68. The highest BCUT2D eigenvalue weighted by molar-refractivity contribution is 5.75. The number of nitrogens with zero attached hydrogens (tertiary/aromatic N) is 1. The van der Waals surface area contributed by atoms with Crippen molar-refractivity contribution in [3.05, 3.63) is 23.0 Å². The van der Waals surface area contributed by atoms with Gasteiger partial charge >= 0.3 is 5.97 Å². The van der Waals surface area contributed by atoms with E-state index < -0.39 is 6.10 Å². The molecule has 1 heterocycles. The van der Waals surface area contributed by atoms with E-state index >= 15 is 0 Å². The highest BCUT2D eigenvalue weighted by Gasteiger charge is 2.37. The fourth-order valence-electron chi connectivity index (χ4n) is 3.55. The van der Waals surface area contributed by atoms with Crippen LogP contribution in [0, 0.1) is 18.3 Å². The van der Waals surface area contributed by atoms with Gasteiger partial charge in [0, 0.05) is 17.0 Å². The molecule has 4 nitrogen and oxygen atoms in total. The summed E-state index contributed by atoms with van der Waals surface area (Å²) in [6.07, 6.45) is 1.18. The van der Waals surface area contributed by atoms with Gasteiger partial charge in [-0.3, -0.25) is 0 Å². The number of aliphatic hydroxyl groups excluding tert-OH is 1. The highest BCUT2D eigenvalue weighted by Crippen LogP contribution is 2.43. The van der Waals surface area contributed by atoms with Gasteiger partial charge in [-0.1, -0.05) is 27.7 Å². The highest BCUT2D eigenvalue weighted by atomic mass is 16.5. The number of aliphatic hydroxyl groups is 1. The zero-order chi connectivity index (χ0) is 15.9. The molecule has 118 valence electrons. The lowest BCUT2D eigenvalue weighted by Gasteiger charge is -2.35. The van der Waals surface area contributed by atoms with Crippen molar-refractivity contribution < 1.29 is 14.6 Å². The molecule has 2 atom stereocenters. The van der Waals surface area contributed by atoms with Crippen LogP contribution in [0.2, 0.25) is 0 Å². The molecule has 1 N–H and O–H groups in total. The number of hydrogen-bond donors (Lipinski definition) is 1. The third-order valence-electron chi connectivity index (χ3n) is 4.47. The summed E-state index contributed by atoms with van der Waals surface area (Å²) in [5.41, 5.74) is 3.11. The van der Waals surface area contributed by atoms with Crippen LogP contribution >= 0.6 is 0 Å². The maximum atomic E-state index is 12.2. The Balaban J connectivity index is 2.57. The first kappa shape index (κ1) is 16.1. The van der Waals surface area contributed by atoms with Crippen molar-refractivity contribution in [3.8, 4) is 0 Å². The molecule has 2 unspecified atom stereocenters. The lowest BCUT2D eigenvalue weighted by atomic mass is 9.75. The van der Waals surface area contributed by atoms with Gasteiger partial charge in [0.05, 0.1) is 13.2 Å². The average molecular weight is 293 g/mol. The summed E-state index contributed by atoms with van der Waals surface area (Å²) in [5, 5.41) is 10.4. The smallest absolute Gasteiger partial charge is 0.329 e. The maximum absolute atomic E-state index is 12.2. The van der Waals surface area contributed by atoms with Gasteiger partial charge in [-0.2, -0.15) is 0 Å². The Morgan fingerprint density at radius 3 is 2.62 bits per heavy atom. The van der Waals surface area contributed by atoms with Gasteiger partial charge < -0.3 is 14.4 Å². The fraction of sp³-hybridized carbons (Fsp3) is 0.706. The summed E-state index contributed by atoms with van der Waals surface area (Å²) in [7, 11) is 1.43. The largest absolute Gasteiger partial charge is 0.467 e. The van der Waals surface area contributed by atoms with Crippen LogP contribution in [0.25, 0.3) is 0 Å². The van der Waals surface area contributed by atoms with E-state index in [9.17, 15) is 9.90 Å². The maximum Gasteiger partial charge on any atom is 0.329 e. The topological polar surface area (TPSA) is 51.5 Å². The molecular formula is C17H27NO3. The summed E-state index contributed by atoms with van der Waals surface area (Å²) in [4.78, 5) is 12.2. The minimum Gasteiger partial charge on any atom is -0.467 e. The lowest BCUT2D eigenvalue weighted by Crippen LogP contribution is -2.32. The van der Waals surface area contributed by atoms with E-state index in [0.29, 0.717) is 0 Å². The molecule has 1 aliphatic carbocycles. The second-order valence-corrected chi connectivity index (χ2v) is 7.33. The van der Waals surface area contributed by atoms with Gasteiger partial charge in [-0.05, 0) is 37.2 Å². The summed E-state index contributed by atoms with van der Waals surface area (Å²) in [6, 6.07) is 1.69. The van der Waals surface area contributed by atoms with Gasteiger partial charge in [-0.25, -0.2) is 4.79 Å². The van der Waals surface area contributed by atoms with E-state index in [1.54, 1.807) is 0 Å².